The van der Waals surface area contributed by atoms with Crippen LogP contribution in [0.3, 0.4) is 0 Å². The Labute approximate surface area is 144 Å². The van der Waals surface area contributed by atoms with Crippen LogP contribution >= 0.6 is 33.9 Å². The first kappa shape index (κ1) is 13.6. The summed E-state index contributed by atoms with van der Waals surface area (Å²) < 4.78 is 3.14. The minimum atomic E-state index is 0.678. The first-order valence-electron chi connectivity index (χ1n) is 6.56. The summed E-state index contributed by atoms with van der Waals surface area (Å²) >= 11 is 3.86. The number of thiazole rings is 1. The highest BCUT2D eigenvalue weighted by Crippen LogP contribution is 2.27. The maximum Gasteiger partial charge on any atom is 0.234 e. The van der Waals surface area contributed by atoms with Gasteiger partial charge in [0.15, 0.2) is 5.13 Å². The molecule has 1 aromatic carbocycles. The van der Waals surface area contributed by atoms with Crippen molar-refractivity contribution in [3.63, 3.8) is 0 Å². The Morgan fingerprint density at radius 1 is 1.14 bits per heavy atom. The van der Waals surface area contributed by atoms with Crippen LogP contribution < -0.4 is 5.32 Å². The zero-order valence-corrected chi connectivity index (χ0v) is 14.2. The summed E-state index contributed by atoms with van der Waals surface area (Å²) in [4.78, 5) is 13.2. The monoisotopic (exact) mass is 419 g/mol. The van der Waals surface area contributed by atoms with Gasteiger partial charge in [-0.3, -0.25) is 4.40 Å². The van der Waals surface area contributed by atoms with E-state index >= 15 is 0 Å². The van der Waals surface area contributed by atoms with Gasteiger partial charge in [-0.05, 0) is 52.9 Å². The first-order valence-corrected chi connectivity index (χ1v) is 8.52. The van der Waals surface area contributed by atoms with Crippen molar-refractivity contribution in [2.45, 2.75) is 0 Å². The first-order chi connectivity index (χ1) is 10.8. The summed E-state index contributed by atoms with van der Waals surface area (Å²) in [6, 6.07) is 10.1. The molecule has 108 valence electrons. The largest absolute Gasteiger partial charge is 0.332 e. The number of hydrogen-bond donors (Lipinski definition) is 1. The van der Waals surface area contributed by atoms with E-state index in [-0.39, 0.29) is 0 Å². The summed E-state index contributed by atoms with van der Waals surface area (Å²) in [5, 5.41) is 6.20. The molecule has 0 fully saturated rings. The lowest BCUT2D eigenvalue weighted by Gasteiger charge is -2.02. The number of nitrogens with one attached hydrogen (secondary N) is 1. The fraction of sp³-hybridized carbons (Fsp3) is 0. The molecule has 0 aliphatic heterocycles. The topological polar surface area (TPSA) is 55.1 Å². The molecule has 0 amide bonds. The highest BCUT2D eigenvalue weighted by atomic mass is 127. The van der Waals surface area contributed by atoms with E-state index in [9.17, 15) is 0 Å². The molecule has 0 aliphatic rings. The van der Waals surface area contributed by atoms with E-state index in [0.29, 0.717) is 5.78 Å². The molecule has 3 aromatic heterocycles. The fourth-order valence-electron chi connectivity index (χ4n) is 2.12. The highest BCUT2D eigenvalue weighted by molar-refractivity contribution is 14.1. The van der Waals surface area contributed by atoms with Gasteiger partial charge in [-0.25, -0.2) is 15.0 Å². The molecule has 0 aliphatic carbocycles. The number of hydrogen-bond acceptors (Lipinski definition) is 5. The van der Waals surface area contributed by atoms with E-state index < -0.39 is 0 Å². The number of rotatable bonds is 3. The van der Waals surface area contributed by atoms with Crippen LogP contribution in [0.15, 0.2) is 54.3 Å². The minimum Gasteiger partial charge on any atom is -0.332 e. The lowest BCUT2D eigenvalue weighted by atomic mass is 10.3. The van der Waals surface area contributed by atoms with Crippen molar-refractivity contribution in [2.75, 3.05) is 5.32 Å². The Kier molecular flexibility index (Phi) is 3.51. The van der Waals surface area contributed by atoms with Crippen molar-refractivity contribution in [1.29, 1.82) is 0 Å². The Morgan fingerprint density at radius 2 is 2.00 bits per heavy atom. The van der Waals surface area contributed by atoms with Crippen LogP contribution in [0.4, 0.5) is 10.8 Å². The van der Waals surface area contributed by atoms with Crippen molar-refractivity contribution >= 4 is 50.5 Å². The molecule has 0 unspecified atom stereocenters. The van der Waals surface area contributed by atoms with E-state index in [1.165, 1.54) is 3.57 Å². The molecule has 4 aromatic rings. The summed E-state index contributed by atoms with van der Waals surface area (Å²) in [5.74, 6) is 0.678. The van der Waals surface area contributed by atoms with Crippen LogP contribution in [0, 0.1) is 3.57 Å². The second-order valence-electron chi connectivity index (χ2n) is 4.60. The average molecular weight is 419 g/mol. The molecular formula is C15H10IN5S. The average Bonchev–Trinajstić information content (AvgIpc) is 3.16. The van der Waals surface area contributed by atoms with Crippen molar-refractivity contribution < 1.29 is 0 Å². The van der Waals surface area contributed by atoms with Gasteiger partial charge >= 0.3 is 0 Å². The number of anilines is 2. The third kappa shape index (κ3) is 2.57. The van der Waals surface area contributed by atoms with Gasteiger partial charge in [-0.15, -0.1) is 11.3 Å². The third-order valence-electron chi connectivity index (χ3n) is 3.15. The molecule has 5 nitrogen and oxygen atoms in total. The summed E-state index contributed by atoms with van der Waals surface area (Å²) in [6.07, 6.45) is 5.47. The zero-order valence-electron chi connectivity index (χ0n) is 11.3. The van der Waals surface area contributed by atoms with Crippen molar-refractivity contribution in [2.24, 2.45) is 0 Å². The number of imidazole rings is 1. The molecule has 0 radical (unpaired) electrons. The smallest absolute Gasteiger partial charge is 0.234 e. The van der Waals surface area contributed by atoms with E-state index in [2.05, 4.69) is 55.0 Å². The van der Waals surface area contributed by atoms with Gasteiger partial charge < -0.3 is 5.32 Å². The molecule has 0 saturated carbocycles. The molecular weight excluding hydrogens is 409 g/mol. The molecule has 0 bridgehead atoms. The van der Waals surface area contributed by atoms with Crippen LogP contribution in [0.2, 0.25) is 0 Å². The molecule has 7 heteroatoms. The van der Waals surface area contributed by atoms with Gasteiger partial charge in [0.25, 0.3) is 0 Å². The van der Waals surface area contributed by atoms with Crippen LogP contribution in [0.5, 0.6) is 0 Å². The predicted octanol–water partition coefficient (Wildman–Crippen LogP) is 4.20. The molecule has 4 rings (SSSR count). The van der Waals surface area contributed by atoms with Crippen molar-refractivity contribution in [3.8, 4) is 11.4 Å². The maximum absolute atomic E-state index is 4.64. The van der Waals surface area contributed by atoms with Crippen molar-refractivity contribution in [3.05, 3.63) is 57.9 Å². The summed E-state index contributed by atoms with van der Waals surface area (Å²) in [5.41, 5.74) is 2.86. The van der Waals surface area contributed by atoms with Gasteiger partial charge in [0.2, 0.25) is 5.78 Å². The van der Waals surface area contributed by atoms with Gasteiger partial charge in [-0.2, -0.15) is 0 Å². The number of nitrogens with zero attached hydrogens (tertiary/aromatic N) is 4. The molecule has 1 N–H and O–H groups in total. The SMILES string of the molecule is Ic1ccc(Nc2nc(-c3cnc4ncccn34)cs2)cc1. The number of halogens is 1. The normalized spacial score (nSPS) is 11.0. The Balaban J connectivity index is 1.65. The van der Waals surface area contributed by atoms with E-state index in [0.717, 1.165) is 22.2 Å². The van der Waals surface area contributed by atoms with Crippen LogP contribution in [0.25, 0.3) is 17.2 Å². The number of aromatic nitrogens is 4. The quantitative estimate of drug-likeness (QED) is 0.506. The number of fused-ring (bicyclic) bond motifs is 1. The maximum atomic E-state index is 4.64. The van der Waals surface area contributed by atoms with Gasteiger partial charge in [0.05, 0.1) is 11.9 Å². The fourth-order valence-corrected chi connectivity index (χ4v) is 3.21. The molecule has 0 spiro atoms. The Morgan fingerprint density at radius 3 is 2.86 bits per heavy atom. The number of benzene rings is 1. The highest BCUT2D eigenvalue weighted by Gasteiger charge is 2.10. The minimum absolute atomic E-state index is 0.678. The summed E-state index contributed by atoms with van der Waals surface area (Å²) in [6.45, 7) is 0. The van der Waals surface area contributed by atoms with Gasteiger partial charge in [0, 0.05) is 27.0 Å². The molecule has 22 heavy (non-hydrogen) atoms. The molecule has 0 saturated heterocycles. The summed E-state index contributed by atoms with van der Waals surface area (Å²) in [7, 11) is 0. The standard InChI is InChI=1S/C15H10IN5S/c16-10-2-4-11(5-3-10)19-15-20-12(9-22-15)13-8-18-14-17-6-1-7-21(13)14/h1-9H,(H,19,20). The van der Waals surface area contributed by atoms with Crippen LogP contribution in [0.1, 0.15) is 0 Å². The van der Waals surface area contributed by atoms with Crippen LogP contribution in [-0.4, -0.2) is 19.4 Å². The second-order valence-corrected chi connectivity index (χ2v) is 6.71. The Bertz CT molecular complexity index is 928. The van der Waals surface area contributed by atoms with Crippen LogP contribution in [-0.2, 0) is 0 Å². The predicted molar refractivity (Wildman–Crippen MR) is 96.5 cm³/mol. The second kappa shape index (κ2) is 5.65. The van der Waals surface area contributed by atoms with E-state index in [1.54, 1.807) is 23.7 Å². The molecule has 3 heterocycles. The van der Waals surface area contributed by atoms with E-state index in [1.807, 2.05) is 34.2 Å². The lowest BCUT2D eigenvalue weighted by molar-refractivity contribution is 1.11. The molecule has 0 atom stereocenters. The van der Waals surface area contributed by atoms with Gasteiger partial charge in [0.1, 0.15) is 5.69 Å². The van der Waals surface area contributed by atoms with Gasteiger partial charge in [-0.1, -0.05) is 0 Å². The zero-order chi connectivity index (χ0) is 14.9. The Hall–Kier alpha value is -2.00. The van der Waals surface area contributed by atoms with Crippen molar-refractivity contribution in [1.82, 2.24) is 19.4 Å². The lowest BCUT2D eigenvalue weighted by Crippen LogP contribution is -1.91. The third-order valence-corrected chi connectivity index (χ3v) is 4.63. The van der Waals surface area contributed by atoms with E-state index in [4.69, 9.17) is 0 Å².